The molecule has 1 saturated heterocycles. The Morgan fingerprint density at radius 1 is 1.25 bits per heavy atom. The van der Waals surface area contributed by atoms with Crippen LogP contribution in [-0.4, -0.2) is 45.8 Å². The summed E-state index contributed by atoms with van der Waals surface area (Å²) < 4.78 is 6.68. The van der Waals surface area contributed by atoms with Gasteiger partial charge in [-0.1, -0.05) is 38.1 Å². The van der Waals surface area contributed by atoms with Gasteiger partial charge in [-0.3, -0.25) is 9.69 Å². The number of hydrogen-bond acceptors (Lipinski definition) is 5. The van der Waals surface area contributed by atoms with E-state index in [4.69, 9.17) is 4.74 Å². The third-order valence-electron chi connectivity index (χ3n) is 5.16. The number of H-pyrrole nitrogens is 1. The maximum Gasteiger partial charge on any atom is 0.278 e. The molecule has 7 heteroatoms. The smallest absolute Gasteiger partial charge is 0.278 e. The number of rotatable bonds is 4. The van der Waals surface area contributed by atoms with Crippen LogP contribution in [-0.2, 0) is 11.3 Å². The van der Waals surface area contributed by atoms with Crippen molar-refractivity contribution in [2.75, 3.05) is 26.3 Å². The number of morpholine rings is 1. The van der Waals surface area contributed by atoms with Gasteiger partial charge in [0.15, 0.2) is 5.65 Å². The van der Waals surface area contributed by atoms with E-state index >= 15 is 0 Å². The highest BCUT2D eigenvalue weighted by Crippen LogP contribution is 2.26. The van der Waals surface area contributed by atoms with E-state index in [0.29, 0.717) is 16.8 Å². The summed E-state index contributed by atoms with van der Waals surface area (Å²) in [5, 5.41) is 13.4. The van der Waals surface area contributed by atoms with Crippen LogP contribution in [0, 0.1) is 11.3 Å². The topological polar surface area (TPSA) is 86.4 Å². The van der Waals surface area contributed by atoms with Crippen LogP contribution >= 0.6 is 0 Å². The molecule has 1 N–H and O–H groups in total. The van der Waals surface area contributed by atoms with Crippen LogP contribution in [0.15, 0.2) is 35.3 Å². The van der Waals surface area contributed by atoms with Gasteiger partial charge in [-0.05, 0) is 17.0 Å². The van der Waals surface area contributed by atoms with E-state index < -0.39 is 0 Å². The molecule has 144 valence electrons. The second kappa shape index (κ2) is 7.58. The lowest BCUT2D eigenvalue weighted by Gasteiger charge is -2.26. The maximum atomic E-state index is 13.0. The van der Waals surface area contributed by atoms with Gasteiger partial charge in [0.1, 0.15) is 11.6 Å². The summed E-state index contributed by atoms with van der Waals surface area (Å²) in [6.45, 7) is 8.32. The molecule has 0 radical (unpaired) electrons. The average Bonchev–Trinajstić information content (AvgIpc) is 3.12. The number of nitrogens with zero attached hydrogens (tertiary/aromatic N) is 4. The van der Waals surface area contributed by atoms with Crippen LogP contribution in [0.5, 0.6) is 0 Å². The van der Waals surface area contributed by atoms with Crippen molar-refractivity contribution in [2.45, 2.75) is 26.3 Å². The van der Waals surface area contributed by atoms with Gasteiger partial charge in [-0.15, -0.1) is 0 Å². The third kappa shape index (κ3) is 3.33. The predicted octanol–water partition coefficient (Wildman–Crippen LogP) is 2.52. The zero-order valence-electron chi connectivity index (χ0n) is 16.1. The highest BCUT2D eigenvalue weighted by atomic mass is 16.5. The normalized spacial score (nSPS) is 15.2. The fraction of sp³-hybridized carbons (Fsp3) is 0.381. The molecule has 0 saturated carbocycles. The molecule has 7 nitrogen and oxygen atoms in total. The van der Waals surface area contributed by atoms with E-state index in [0.717, 1.165) is 44.1 Å². The minimum absolute atomic E-state index is 0.0194. The number of nitrogens with one attached hydrogen (secondary N) is 1. The van der Waals surface area contributed by atoms with Crippen LogP contribution < -0.4 is 5.56 Å². The lowest BCUT2D eigenvalue weighted by molar-refractivity contribution is 0.0342. The van der Waals surface area contributed by atoms with Crippen molar-refractivity contribution < 1.29 is 4.74 Å². The molecule has 0 unspecified atom stereocenters. The summed E-state index contributed by atoms with van der Waals surface area (Å²) in [6.07, 6.45) is 1.42. The number of fused-ring (bicyclic) bond motifs is 1. The third-order valence-corrected chi connectivity index (χ3v) is 5.16. The van der Waals surface area contributed by atoms with E-state index in [-0.39, 0.29) is 11.5 Å². The SMILES string of the molecule is CC(C)c1c(-c2ccc(CN3CCOCC3)cc2)[nH]c2c(C#N)cnn2c1=O. The molecular formula is C21H23N5O2. The second-order valence-corrected chi connectivity index (χ2v) is 7.39. The minimum Gasteiger partial charge on any atom is -0.379 e. The van der Waals surface area contributed by atoms with Crippen molar-refractivity contribution in [3.8, 4) is 17.3 Å². The van der Waals surface area contributed by atoms with Gasteiger partial charge in [0.2, 0.25) is 0 Å². The number of benzene rings is 1. The Balaban J connectivity index is 1.74. The Bertz CT molecular complexity index is 1080. The fourth-order valence-electron chi connectivity index (χ4n) is 3.67. The monoisotopic (exact) mass is 377 g/mol. The Kier molecular flexibility index (Phi) is 4.99. The minimum atomic E-state index is -0.183. The number of aromatic amines is 1. The van der Waals surface area contributed by atoms with Crippen molar-refractivity contribution in [3.63, 3.8) is 0 Å². The summed E-state index contributed by atoms with van der Waals surface area (Å²) in [5.41, 5.74) is 4.18. The van der Waals surface area contributed by atoms with E-state index in [1.54, 1.807) is 0 Å². The van der Waals surface area contributed by atoms with Gasteiger partial charge < -0.3 is 9.72 Å². The molecule has 0 amide bonds. The first kappa shape index (κ1) is 18.4. The lowest BCUT2D eigenvalue weighted by atomic mass is 9.97. The number of ether oxygens (including phenoxy) is 1. The molecular weight excluding hydrogens is 354 g/mol. The van der Waals surface area contributed by atoms with Crippen LogP contribution in [0.1, 0.15) is 36.5 Å². The molecule has 1 fully saturated rings. The molecule has 3 heterocycles. The zero-order valence-corrected chi connectivity index (χ0v) is 16.1. The Labute approximate surface area is 163 Å². The summed E-state index contributed by atoms with van der Waals surface area (Å²) >= 11 is 0. The summed E-state index contributed by atoms with van der Waals surface area (Å²) in [6, 6.07) is 10.3. The van der Waals surface area contributed by atoms with Crippen molar-refractivity contribution in [1.29, 1.82) is 5.26 Å². The first-order chi connectivity index (χ1) is 13.6. The molecule has 1 aromatic carbocycles. The Hall–Kier alpha value is -2.95. The van der Waals surface area contributed by atoms with Gasteiger partial charge in [0, 0.05) is 25.2 Å². The quantitative estimate of drug-likeness (QED) is 0.755. The standard InChI is InChI=1S/C21H23N5O2/c1-14(2)18-19(24-20-17(11-22)12-23-26(20)21(18)27)16-5-3-15(4-6-16)13-25-7-9-28-10-8-25/h3-6,12,14,24H,7-10,13H2,1-2H3. The summed E-state index contributed by atoms with van der Waals surface area (Å²) in [4.78, 5) is 18.6. The van der Waals surface area contributed by atoms with Crippen LogP contribution in [0.2, 0.25) is 0 Å². The maximum absolute atomic E-state index is 13.0. The lowest BCUT2D eigenvalue weighted by Crippen LogP contribution is -2.35. The molecule has 0 atom stereocenters. The second-order valence-electron chi connectivity index (χ2n) is 7.39. The van der Waals surface area contributed by atoms with E-state index in [1.165, 1.54) is 16.3 Å². The molecule has 1 aliphatic rings. The molecule has 4 rings (SSSR count). The average molecular weight is 377 g/mol. The fourth-order valence-corrected chi connectivity index (χ4v) is 3.67. The Morgan fingerprint density at radius 2 is 1.96 bits per heavy atom. The van der Waals surface area contributed by atoms with Gasteiger partial charge >= 0.3 is 0 Å². The molecule has 0 aliphatic carbocycles. The number of nitriles is 1. The van der Waals surface area contributed by atoms with Crippen LogP contribution in [0.4, 0.5) is 0 Å². The van der Waals surface area contributed by atoms with Gasteiger partial charge in [-0.25, -0.2) is 0 Å². The van der Waals surface area contributed by atoms with Gasteiger partial charge in [0.05, 0.1) is 25.1 Å². The van der Waals surface area contributed by atoms with E-state index in [9.17, 15) is 10.1 Å². The summed E-state index contributed by atoms with van der Waals surface area (Å²) in [7, 11) is 0. The van der Waals surface area contributed by atoms with Gasteiger partial charge in [0.25, 0.3) is 5.56 Å². The number of aromatic nitrogens is 3. The molecule has 2 aromatic heterocycles. The summed E-state index contributed by atoms with van der Waals surface area (Å²) in [5.74, 6) is 0.0194. The first-order valence-electron chi connectivity index (χ1n) is 9.52. The largest absolute Gasteiger partial charge is 0.379 e. The van der Waals surface area contributed by atoms with E-state index in [2.05, 4.69) is 33.2 Å². The van der Waals surface area contributed by atoms with Crippen molar-refractivity contribution in [3.05, 3.63) is 57.5 Å². The number of hydrogen-bond donors (Lipinski definition) is 1. The zero-order chi connectivity index (χ0) is 19.7. The van der Waals surface area contributed by atoms with Crippen molar-refractivity contribution in [1.82, 2.24) is 19.5 Å². The highest BCUT2D eigenvalue weighted by Gasteiger charge is 2.19. The predicted molar refractivity (Wildman–Crippen MR) is 106 cm³/mol. The van der Waals surface area contributed by atoms with Gasteiger partial charge in [-0.2, -0.15) is 14.9 Å². The first-order valence-corrected chi connectivity index (χ1v) is 9.52. The Morgan fingerprint density at radius 3 is 2.61 bits per heavy atom. The van der Waals surface area contributed by atoms with E-state index in [1.807, 2.05) is 26.0 Å². The highest BCUT2D eigenvalue weighted by molar-refractivity contribution is 5.68. The molecule has 0 bridgehead atoms. The van der Waals surface area contributed by atoms with Crippen LogP contribution in [0.25, 0.3) is 16.9 Å². The molecule has 0 spiro atoms. The van der Waals surface area contributed by atoms with Crippen LogP contribution in [0.3, 0.4) is 0 Å². The van der Waals surface area contributed by atoms with Crippen molar-refractivity contribution >= 4 is 5.65 Å². The van der Waals surface area contributed by atoms with Crippen molar-refractivity contribution in [2.24, 2.45) is 0 Å². The molecule has 3 aromatic rings. The molecule has 1 aliphatic heterocycles. The molecule has 28 heavy (non-hydrogen) atoms.